The summed E-state index contributed by atoms with van der Waals surface area (Å²) in [5.74, 6) is 1.32. The third kappa shape index (κ3) is 4.30. The predicted molar refractivity (Wildman–Crippen MR) is 146 cm³/mol. The van der Waals surface area contributed by atoms with Gasteiger partial charge in [-0.1, -0.05) is 35.6 Å². The van der Waals surface area contributed by atoms with Crippen LogP contribution in [0.4, 0.5) is 5.13 Å². The lowest BCUT2D eigenvalue weighted by Crippen LogP contribution is -2.37. The minimum atomic E-state index is -0.0930. The largest absolute Gasteiger partial charge is 0.486 e. The number of aromatic nitrogens is 2. The highest BCUT2D eigenvalue weighted by molar-refractivity contribution is 7.22. The Kier molecular flexibility index (Phi) is 6.04. The Morgan fingerprint density at radius 1 is 0.944 bits per heavy atom. The molecule has 2 aromatic carbocycles. The molecule has 0 fully saturated rings. The molecule has 5 aromatic rings. The van der Waals surface area contributed by atoms with Crippen LogP contribution in [0.2, 0.25) is 0 Å². The number of pyridine rings is 1. The summed E-state index contributed by atoms with van der Waals surface area (Å²) in [6.07, 6.45) is 0. The molecule has 36 heavy (non-hydrogen) atoms. The van der Waals surface area contributed by atoms with E-state index in [0.717, 1.165) is 37.4 Å². The standard InChI is InChI=1S/C27H24N4O3S2/c1-30(2)9-10-31(27-29-21-15-22-23(16-25(21)36-27)34-12-11-33-22)26(32)18-14-20(24-8-5-13-35-24)28-19-7-4-3-6-17(18)19/h3-8,13-16H,9-12H2,1-2H3. The average Bonchev–Trinajstić information content (AvgIpc) is 3.56. The van der Waals surface area contributed by atoms with Crippen LogP contribution in [0.3, 0.4) is 0 Å². The molecule has 0 unspecified atom stereocenters. The second kappa shape index (κ2) is 9.50. The lowest BCUT2D eigenvalue weighted by Gasteiger charge is -2.23. The second-order valence-corrected chi connectivity index (χ2v) is 10.7. The van der Waals surface area contributed by atoms with Crippen molar-refractivity contribution in [3.05, 3.63) is 65.5 Å². The summed E-state index contributed by atoms with van der Waals surface area (Å²) in [5.41, 5.74) is 3.00. The first kappa shape index (κ1) is 22.9. The normalized spacial score (nSPS) is 13.0. The minimum absolute atomic E-state index is 0.0930. The van der Waals surface area contributed by atoms with Gasteiger partial charge in [-0.05, 0) is 37.7 Å². The number of nitrogens with zero attached hydrogens (tertiary/aromatic N) is 4. The molecule has 1 amide bonds. The summed E-state index contributed by atoms with van der Waals surface area (Å²) in [5, 5.41) is 3.50. The molecule has 0 radical (unpaired) electrons. The Bertz CT molecular complexity index is 1520. The molecule has 7 nitrogen and oxygen atoms in total. The highest BCUT2D eigenvalue weighted by atomic mass is 32.1. The van der Waals surface area contributed by atoms with Gasteiger partial charge in [0, 0.05) is 30.6 Å². The van der Waals surface area contributed by atoms with Crippen LogP contribution in [0.5, 0.6) is 11.5 Å². The number of para-hydroxylation sites is 1. The number of carbonyl (C=O) groups is 1. The van der Waals surface area contributed by atoms with Gasteiger partial charge in [-0.25, -0.2) is 9.97 Å². The molecule has 0 N–H and O–H groups in total. The summed E-state index contributed by atoms with van der Waals surface area (Å²) in [4.78, 5) is 28.8. The van der Waals surface area contributed by atoms with Gasteiger partial charge in [0.25, 0.3) is 5.91 Å². The van der Waals surface area contributed by atoms with E-state index < -0.39 is 0 Å². The molecule has 0 saturated carbocycles. The number of fused-ring (bicyclic) bond motifs is 3. The Labute approximate surface area is 216 Å². The Morgan fingerprint density at radius 2 is 1.75 bits per heavy atom. The first-order chi connectivity index (χ1) is 17.6. The first-order valence-corrected chi connectivity index (χ1v) is 13.4. The average molecular weight is 517 g/mol. The predicted octanol–water partition coefficient (Wildman–Crippen LogP) is 5.55. The lowest BCUT2D eigenvalue weighted by molar-refractivity contribution is 0.0986. The fourth-order valence-corrected chi connectivity index (χ4v) is 5.89. The van der Waals surface area contributed by atoms with E-state index >= 15 is 0 Å². The van der Waals surface area contributed by atoms with Crippen LogP contribution in [0, 0.1) is 0 Å². The minimum Gasteiger partial charge on any atom is -0.486 e. The maximum Gasteiger partial charge on any atom is 0.260 e. The van der Waals surface area contributed by atoms with E-state index in [-0.39, 0.29) is 5.91 Å². The van der Waals surface area contributed by atoms with Gasteiger partial charge in [-0.15, -0.1) is 11.3 Å². The van der Waals surface area contributed by atoms with Crippen LogP contribution in [0.15, 0.2) is 60.0 Å². The fourth-order valence-electron chi connectivity index (χ4n) is 4.20. The van der Waals surface area contributed by atoms with E-state index in [1.54, 1.807) is 16.2 Å². The molecular weight excluding hydrogens is 492 g/mol. The van der Waals surface area contributed by atoms with E-state index in [0.29, 0.717) is 42.7 Å². The Hall–Kier alpha value is -3.53. The fraction of sp³-hybridized carbons (Fsp3) is 0.222. The molecule has 0 atom stereocenters. The number of ether oxygens (including phenoxy) is 2. The number of thiazole rings is 1. The molecule has 0 spiro atoms. The number of carbonyl (C=O) groups excluding carboxylic acids is 1. The van der Waals surface area contributed by atoms with Crippen molar-refractivity contribution in [3.63, 3.8) is 0 Å². The molecule has 4 heterocycles. The number of anilines is 1. The number of rotatable bonds is 6. The number of likely N-dealkylation sites (N-methyl/N-ethyl adjacent to an activating group) is 1. The van der Waals surface area contributed by atoms with E-state index in [4.69, 9.17) is 19.4 Å². The van der Waals surface area contributed by atoms with Crippen LogP contribution in [-0.2, 0) is 0 Å². The summed E-state index contributed by atoms with van der Waals surface area (Å²) in [7, 11) is 4.00. The molecule has 0 saturated heterocycles. The number of hydrogen-bond acceptors (Lipinski definition) is 8. The van der Waals surface area contributed by atoms with Gasteiger partial charge in [0.1, 0.15) is 13.2 Å². The van der Waals surface area contributed by atoms with Gasteiger partial charge in [0.05, 0.1) is 31.9 Å². The quantitative estimate of drug-likeness (QED) is 0.295. The van der Waals surface area contributed by atoms with E-state index in [2.05, 4.69) is 4.90 Å². The molecule has 6 rings (SSSR count). The van der Waals surface area contributed by atoms with E-state index in [1.165, 1.54) is 11.3 Å². The van der Waals surface area contributed by atoms with Gasteiger partial charge in [0.15, 0.2) is 16.6 Å². The molecule has 0 aliphatic carbocycles. The lowest BCUT2D eigenvalue weighted by atomic mass is 10.1. The highest BCUT2D eigenvalue weighted by Crippen LogP contribution is 2.39. The number of thiophene rings is 1. The van der Waals surface area contributed by atoms with Gasteiger partial charge < -0.3 is 14.4 Å². The molecule has 182 valence electrons. The zero-order chi connectivity index (χ0) is 24.6. The Balaban J connectivity index is 1.46. The van der Waals surface area contributed by atoms with Crippen LogP contribution < -0.4 is 14.4 Å². The summed E-state index contributed by atoms with van der Waals surface area (Å²) >= 11 is 3.10. The summed E-state index contributed by atoms with van der Waals surface area (Å²) in [6, 6.07) is 17.6. The third-order valence-electron chi connectivity index (χ3n) is 6.01. The third-order valence-corrected chi connectivity index (χ3v) is 7.94. The smallest absolute Gasteiger partial charge is 0.260 e. The first-order valence-electron chi connectivity index (χ1n) is 11.7. The van der Waals surface area contributed by atoms with Crippen molar-refractivity contribution in [2.45, 2.75) is 0 Å². The molecule has 9 heteroatoms. The monoisotopic (exact) mass is 516 g/mol. The van der Waals surface area contributed by atoms with Crippen molar-refractivity contribution >= 4 is 54.8 Å². The summed E-state index contributed by atoms with van der Waals surface area (Å²) < 4.78 is 12.4. The Morgan fingerprint density at radius 3 is 2.53 bits per heavy atom. The maximum atomic E-state index is 14.2. The SMILES string of the molecule is CN(C)CCN(C(=O)c1cc(-c2cccs2)nc2ccccc12)c1nc2cc3c(cc2s1)OCCO3. The maximum absolute atomic E-state index is 14.2. The molecule has 0 bridgehead atoms. The second-order valence-electron chi connectivity index (χ2n) is 8.77. The van der Waals surface area contributed by atoms with Crippen molar-refractivity contribution < 1.29 is 14.3 Å². The van der Waals surface area contributed by atoms with Crippen LogP contribution in [0.25, 0.3) is 31.7 Å². The van der Waals surface area contributed by atoms with Crippen LogP contribution in [0.1, 0.15) is 10.4 Å². The van der Waals surface area contributed by atoms with Gasteiger partial charge in [0.2, 0.25) is 0 Å². The van der Waals surface area contributed by atoms with Crippen molar-refractivity contribution in [1.82, 2.24) is 14.9 Å². The zero-order valence-electron chi connectivity index (χ0n) is 19.9. The van der Waals surface area contributed by atoms with Crippen LogP contribution in [-0.4, -0.2) is 61.2 Å². The number of benzene rings is 2. The topological polar surface area (TPSA) is 67.8 Å². The zero-order valence-corrected chi connectivity index (χ0v) is 21.6. The number of hydrogen-bond donors (Lipinski definition) is 0. The molecule has 1 aliphatic rings. The molecule has 3 aromatic heterocycles. The van der Waals surface area contributed by atoms with Crippen molar-refractivity contribution in [3.8, 4) is 22.1 Å². The van der Waals surface area contributed by atoms with Gasteiger partial charge >= 0.3 is 0 Å². The van der Waals surface area contributed by atoms with E-state index in [9.17, 15) is 4.79 Å². The van der Waals surface area contributed by atoms with Crippen molar-refractivity contribution in [2.75, 3.05) is 45.3 Å². The van der Waals surface area contributed by atoms with Crippen molar-refractivity contribution in [2.24, 2.45) is 0 Å². The van der Waals surface area contributed by atoms with E-state index in [1.807, 2.05) is 74.1 Å². The van der Waals surface area contributed by atoms with Gasteiger partial charge in [-0.3, -0.25) is 9.69 Å². The van der Waals surface area contributed by atoms with Crippen LogP contribution >= 0.6 is 22.7 Å². The number of amides is 1. The molecular formula is C27H24N4O3S2. The van der Waals surface area contributed by atoms with Crippen molar-refractivity contribution in [1.29, 1.82) is 0 Å². The summed E-state index contributed by atoms with van der Waals surface area (Å²) in [6.45, 7) is 2.25. The highest BCUT2D eigenvalue weighted by Gasteiger charge is 2.25. The van der Waals surface area contributed by atoms with Gasteiger partial charge in [-0.2, -0.15) is 0 Å². The molecule has 1 aliphatic heterocycles.